The third-order valence-electron chi connectivity index (χ3n) is 5.76. The van der Waals surface area contributed by atoms with E-state index in [0.717, 1.165) is 38.0 Å². The van der Waals surface area contributed by atoms with Crippen LogP contribution in [0.3, 0.4) is 0 Å². The molecule has 2 aromatic carbocycles. The minimum Gasteiger partial charge on any atom is -0.388 e. The van der Waals surface area contributed by atoms with Gasteiger partial charge in [-0.2, -0.15) is 0 Å². The lowest BCUT2D eigenvalue weighted by atomic mass is 10.0. The van der Waals surface area contributed by atoms with Gasteiger partial charge in [0.1, 0.15) is 6.61 Å². The zero-order valence-electron chi connectivity index (χ0n) is 19.5. The molecule has 2 aromatic rings. The van der Waals surface area contributed by atoms with E-state index in [4.69, 9.17) is 14.6 Å². The van der Waals surface area contributed by atoms with Gasteiger partial charge < -0.3 is 14.6 Å². The van der Waals surface area contributed by atoms with Crippen LogP contribution in [0.4, 0.5) is 0 Å². The summed E-state index contributed by atoms with van der Waals surface area (Å²) in [7, 11) is 0. The molecule has 0 unspecified atom stereocenters. The summed E-state index contributed by atoms with van der Waals surface area (Å²) in [5, 5.41) is 8.84. The van der Waals surface area contributed by atoms with E-state index in [0.29, 0.717) is 26.4 Å². The highest BCUT2D eigenvalue weighted by molar-refractivity contribution is 5.94. The van der Waals surface area contributed by atoms with Crippen LogP contribution >= 0.6 is 0 Å². The van der Waals surface area contributed by atoms with E-state index < -0.39 is 6.61 Å². The Kier molecular flexibility index (Phi) is 10.5. The van der Waals surface area contributed by atoms with Crippen LogP contribution in [-0.2, 0) is 27.2 Å². The molecule has 176 valence electrons. The molecular weight excluding hydrogens is 414 g/mol. The molecule has 0 heterocycles. The molecule has 0 aromatic heterocycles. The number of aliphatic hydroxyl groups is 1. The Hall–Kier alpha value is -2.57. The number of ketones is 1. The number of fused-ring (bicyclic) bond motifs is 1. The van der Waals surface area contributed by atoms with Crippen LogP contribution in [0.5, 0.6) is 0 Å². The average molecular weight is 450 g/mol. The molecule has 0 amide bonds. The van der Waals surface area contributed by atoms with Gasteiger partial charge >= 0.3 is 0 Å². The predicted octanol–water partition coefficient (Wildman–Crippen LogP) is 4.15. The molecule has 1 N–H and O–H groups in total. The fraction of sp³-hybridized carbons (Fsp3) is 0.393. The van der Waals surface area contributed by atoms with Crippen molar-refractivity contribution in [2.24, 2.45) is 0 Å². The molecule has 0 aliphatic heterocycles. The quantitative estimate of drug-likeness (QED) is 0.327. The maximum Gasteiger partial charge on any atom is 0.181 e. The fourth-order valence-corrected chi connectivity index (χ4v) is 3.93. The summed E-state index contributed by atoms with van der Waals surface area (Å²) in [4.78, 5) is 13.7. The summed E-state index contributed by atoms with van der Waals surface area (Å²) in [6.45, 7) is 6.82. The summed E-state index contributed by atoms with van der Waals surface area (Å²) >= 11 is 0. The topological polar surface area (TPSA) is 59.0 Å². The molecule has 0 radical (unpaired) electrons. The molecule has 0 bridgehead atoms. The second-order valence-corrected chi connectivity index (χ2v) is 8.13. The van der Waals surface area contributed by atoms with Crippen LogP contribution in [0.2, 0.25) is 0 Å². The lowest BCUT2D eigenvalue weighted by Gasteiger charge is -2.23. The lowest BCUT2D eigenvalue weighted by molar-refractivity contribution is -0.117. The maximum absolute atomic E-state index is 11.3. The standard InChI is InChI=1S/C28H35NO4/c1-2-32-19-20-33-18-17-29(16-15-26-13-12-25-5-3-4-6-28(25)26)21-24-9-7-23(8-10-24)11-14-27(31)22-30/h3-11,13-14,30H,2,12,15-22H2,1H3/b14-11+. The first-order valence-corrected chi connectivity index (χ1v) is 11.8. The zero-order chi connectivity index (χ0) is 23.3. The van der Waals surface area contributed by atoms with Crippen molar-refractivity contribution in [3.8, 4) is 0 Å². The number of carbonyl (C=O) groups excluding carboxylic acids is 1. The molecule has 33 heavy (non-hydrogen) atoms. The molecule has 5 heteroatoms. The number of allylic oxidation sites excluding steroid dienone is 1. The number of benzene rings is 2. The van der Waals surface area contributed by atoms with Crippen molar-refractivity contribution in [1.29, 1.82) is 0 Å². The summed E-state index contributed by atoms with van der Waals surface area (Å²) in [5.74, 6) is -0.294. The smallest absolute Gasteiger partial charge is 0.181 e. The van der Waals surface area contributed by atoms with Gasteiger partial charge in [0.15, 0.2) is 5.78 Å². The minimum atomic E-state index is -0.461. The van der Waals surface area contributed by atoms with E-state index in [1.807, 2.05) is 19.1 Å². The number of ether oxygens (including phenoxy) is 2. The van der Waals surface area contributed by atoms with E-state index in [1.165, 1.54) is 28.3 Å². The van der Waals surface area contributed by atoms with Gasteiger partial charge in [-0.15, -0.1) is 0 Å². The Morgan fingerprint density at radius 2 is 1.82 bits per heavy atom. The highest BCUT2D eigenvalue weighted by Gasteiger charge is 2.15. The molecular formula is C28H35NO4. The van der Waals surface area contributed by atoms with E-state index in [-0.39, 0.29) is 5.78 Å². The zero-order valence-corrected chi connectivity index (χ0v) is 19.5. The van der Waals surface area contributed by atoms with Gasteiger partial charge in [-0.25, -0.2) is 0 Å². The van der Waals surface area contributed by atoms with Crippen molar-refractivity contribution in [1.82, 2.24) is 4.90 Å². The molecule has 0 atom stereocenters. The Balaban J connectivity index is 1.57. The minimum absolute atomic E-state index is 0.294. The molecule has 3 rings (SSSR count). The Morgan fingerprint density at radius 1 is 1.03 bits per heavy atom. The van der Waals surface area contributed by atoms with Gasteiger partial charge in [-0.3, -0.25) is 9.69 Å². The van der Waals surface area contributed by atoms with Crippen LogP contribution < -0.4 is 0 Å². The third kappa shape index (κ3) is 8.37. The highest BCUT2D eigenvalue weighted by atomic mass is 16.5. The van der Waals surface area contributed by atoms with Crippen LogP contribution in [0.25, 0.3) is 11.6 Å². The lowest BCUT2D eigenvalue weighted by Crippen LogP contribution is -2.29. The van der Waals surface area contributed by atoms with E-state index in [2.05, 4.69) is 47.4 Å². The number of hydrogen-bond donors (Lipinski definition) is 1. The van der Waals surface area contributed by atoms with Crippen molar-refractivity contribution in [2.45, 2.75) is 26.3 Å². The molecule has 0 saturated heterocycles. The summed E-state index contributed by atoms with van der Waals surface area (Å²) in [6, 6.07) is 16.9. The molecule has 1 aliphatic carbocycles. The van der Waals surface area contributed by atoms with Crippen LogP contribution in [0.1, 0.15) is 35.6 Å². The SMILES string of the molecule is CCOCCOCCN(CCC1=CCc2ccccc21)Cc1ccc(/C=C/C(=O)CO)cc1. The summed E-state index contributed by atoms with van der Waals surface area (Å²) < 4.78 is 11.1. The molecule has 1 aliphatic rings. The third-order valence-corrected chi connectivity index (χ3v) is 5.76. The first-order chi connectivity index (χ1) is 16.2. The van der Waals surface area contributed by atoms with E-state index >= 15 is 0 Å². The average Bonchev–Trinajstić information content (AvgIpc) is 3.27. The van der Waals surface area contributed by atoms with Gasteiger partial charge in [0.25, 0.3) is 0 Å². The molecule has 0 fully saturated rings. The van der Waals surface area contributed by atoms with Gasteiger partial charge in [-0.05, 0) is 53.7 Å². The normalized spacial score (nSPS) is 13.0. The van der Waals surface area contributed by atoms with Crippen molar-refractivity contribution in [3.63, 3.8) is 0 Å². The molecule has 0 saturated carbocycles. The van der Waals surface area contributed by atoms with Crippen molar-refractivity contribution in [3.05, 3.63) is 82.9 Å². The first kappa shape index (κ1) is 25.1. The Morgan fingerprint density at radius 3 is 2.61 bits per heavy atom. The van der Waals surface area contributed by atoms with Crippen molar-refractivity contribution >= 4 is 17.4 Å². The monoisotopic (exact) mass is 449 g/mol. The Labute approximate surface area is 197 Å². The second-order valence-electron chi connectivity index (χ2n) is 8.13. The Bertz CT molecular complexity index is 933. The number of nitrogens with zero attached hydrogens (tertiary/aromatic N) is 1. The van der Waals surface area contributed by atoms with Gasteiger partial charge in [0.05, 0.1) is 19.8 Å². The molecule has 5 nitrogen and oxygen atoms in total. The predicted molar refractivity (Wildman–Crippen MR) is 133 cm³/mol. The van der Waals surface area contributed by atoms with E-state index in [9.17, 15) is 4.79 Å². The van der Waals surface area contributed by atoms with Crippen LogP contribution in [0, 0.1) is 0 Å². The van der Waals surface area contributed by atoms with Crippen LogP contribution in [0.15, 0.2) is 60.7 Å². The fourth-order valence-electron chi connectivity index (χ4n) is 3.93. The van der Waals surface area contributed by atoms with E-state index in [1.54, 1.807) is 6.08 Å². The number of rotatable bonds is 15. The number of carbonyl (C=O) groups is 1. The number of hydrogen-bond acceptors (Lipinski definition) is 5. The van der Waals surface area contributed by atoms with Gasteiger partial charge in [0, 0.05) is 26.2 Å². The summed E-state index contributed by atoms with van der Waals surface area (Å²) in [5.41, 5.74) is 6.40. The van der Waals surface area contributed by atoms with Gasteiger partial charge in [-0.1, -0.05) is 60.7 Å². The maximum atomic E-state index is 11.3. The van der Waals surface area contributed by atoms with Crippen LogP contribution in [-0.4, -0.2) is 61.9 Å². The largest absolute Gasteiger partial charge is 0.388 e. The van der Waals surface area contributed by atoms with Gasteiger partial charge in [0.2, 0.25) is 0 Å². The highest BCUT2D eigenvalue weighted by Crippen LogP contribution is 2.29. The second kappa shape index (κ2) is 13.9. The van der Waals surface area contributed by atoms with Crippen molar-refractivity contribution in [2.75, 3.05) is 46.1 Å². The molecule has 0 spiro atoms. The number of aliphatic hydroxyl groups excluding tert-OH is 1. The summed E-state index contributed by atoms with van der Waals surface area (Å²) in [6.07, 6.45) is 7.54. The first-order valence-electron chi connectivity index (χ1n) is 11.8. The van der Waals surface area contributed by atoms with Crippen molar-refractivity contribution < 1.29 is 19.4 Å².